The highest BCUT2D eigenvalue weighted by Crippen LogP contribution is 2.18. The summed E-state index contributed by atoms with van der Waals surface area (Å²) in [6, 6.07) is 15.2. The predicted molar refractivity (Wildman–Crippen MR) is 91.5 cm³/mol. The van der Waals surface area contributed by atoms with Crippen LogP contribution in [0.25, 0.3) is 5.57 Å². The van der Waals surface area contributed by atoms with Crippen molar-refractivity contribution < 1.29 is 14.3 Å². The molecule has 4 heteroatoms. The zero-order chi connectivity index (χ0) is 16.7. The quantitative estimate of drug-likeness (QED) is 0.832. The fourth-order valence-electron chi connectivity index (χ4n) is 2.12. The Bertz CT molecular complexity index is 673. The van der Waals surface area contributed by atoms with E-state index in [4.69, 9.17) is 9.47 Å². The highest BCUT2D eigenvalue weighted by molar-refractivity contribution is 5.94. The van der Waals surface area contributed by atoms with Gasteiger partial charge in [0.2, 0.25) is 5.91 Å². The minimum absolute atomic E-state index is 0.117. The number of ether oxygens (including phenoxy) is 2. The second-order valence-electron chi connectivity index (χ2n) is 5.12. The number of carbonyl (C=O) groups excluding carboxylic acids is 1. The van der Waals surface area contributed by atoms with Gasteiger partial charge in [-0.1, -0.05) is 24.3 Å². The van der Waals surface area contributed by atoms with Crippen LogP contribution in [0.4, 0.5) is 0 Å². The Hall–Kier alpha value is -2.75. The Kier molecular flexibility index (Phi) is 5.80. The van der Waals surface area contributed by atoms with E-state index in [0.29, 0.717) is 6.54 Å². The third-order valence-corrected chi connectivity index (χ3v) is 3.52. The third-order valence-electron chi connectivity index (χ3n) is 3.52. The van der Waals surface area contributed by atoms with Gasteiger partial charge in [-0.25, -0.2) is 0 Å². The van der Waals surface area contributed by atoms with E-state index in [-0.39, 0.29) is 5.91 Å². The van der Waals surface area contributed by atoms with Gasteiger partial charge in [-0.05, 0) is 47.9 Å². The molecule has 2 rings (SSSR count). The van der Waals surface area contributed by atoms with Crippen molar-refractivity contribution in [3.05, 3.63) is 65.7 Å². The zero-order valence-electron chi connectivity index (χ0n) is 13.6. The van der Waals surface area contributed by atoms with Crippen LogP contribution in [0, 0.1) is 0 Å². The molecule has 23 heavy (non-hydrogen) atoms. The SMILES string of the molecule is COc1ccc(CNC(=O)/C=C(\C)c2ccc(OC)cc2)cc1. The highest BCUT2D eigenvalue weighted by atomic mass is 16.5. The van der Waals surface area contributed by atoms with Gasteiger partial charge in [0.05, 0.1) is 14.2 Å². The smallest absolute Gasteiger partial charge is 0.244 e. The summed E-state index contributed by atoms with van der Waals surface area (Å²) in [6.45, 7) is 2.39. The van der Waals surface area contributed by atoms with Crippen molar-refractivity contribution in [3.63, 3.8) is 0 Å². The molecule has 0 aliphatic rings. The first-order chi connectivity index (χ1) is 11.1. The highest BCUT2D eigenvalue weighted by Gasteiger charge is 2.02. The van der Waals surface area contributed by atoms with Crippen molar-refractivity contribution >= 4 is 11.5 Å². The Morgan fingerprint density at radius 2 is 1.48 bits per heavy atom. The fourth-order valence-corrected chi connectivity index (χ4v) is 2.12. The van der Waals surface area contributed by atoms with Crippen molar-refractivity contribution in [2.45, 2.75) is 13.5 Å². The van der Waals surface area contributed by atoms with E-state index < -0.39 is 0 Å². The number of methoxy groups -OCH3 is 2. The van der Waals surface area contributed by atoms with Gasteiger partial charge >= 0.3 is 0 Å². The predicted octanol–water partition coefficient (Wildman–Crippen LogP) is 3.42. The first-order valence-corrected chi connectivity index (χ1v) is 7.36. The van der Waals surface area contributed by atoms with E-state index in [1.807, 2.05) is 55.5 Å². The van der Waals surface area contributed by atoms with E-state index in [1.54, 1.807) is 20.3 Å². The number of amides is 1. The zero-order valence-corrected chi connectivity index (χ0v) is 13.6. The van der Waals surface area contributed by atoms with Crippen LogP contribution >= 0.6 is 0 Å². The summed E-state index contributed by atoms with van der Waals surface area (Å²) in [4.78, 5) is 12.0. The first kappa shape index (κ1) is 16.6. The lowest BCUT2D eigenvalue weighted by Gasteiger charge is -2.06. The van der Waals surface area contributed by atoms with Gasteiger partial charge in [-0.2, -0.15) is 0 Å². The molecule has 0 saturated heterocycles. The molecule has 0 fully saturated rings. The molecule has 0 heterocycles. The molecule has 1 N–H and O–H groups in total. The maximum absolute atomic E-state index is 12.0. The van der Waals surface area contributed by atoms with Crippen LogP contribution in [0.15, 0.2) is 54.6 Å². The lowest BCUT2D eigenvalue weighted by molar-refractivity contribution is -0.116. The van der Waals surface area contributed by atoms with E-state index in [1.165, 1.54) is 0 Å². The van der Waals surface area contributed by atoms with Gasteiger partial charge in [0.15, 0.2) is 0 Å². The largest absolute Gasteiger partial charge is 0.497 e. The number of hydrogen-bond acceptors (Lipinski definition) is 3. The topological polar surface area (TPSA) is 47.6 Å². The maximum Gasteiger partial charge on any atom is 0.244 e. The van der Waals surface area contributed by atoms with Crippen LogP contribution in [0.5, 0.6) is 11.5 Å². The van der Waals surface area contributed by atoms with E-state index in [2.05, 4.69) is 5.32 Å². The number of rotatable bonds is 6. The number of carbonyl (C=O) groups is 1. The number of nitrogens with one attached hydrogen (secondary N) is 1. The van der Waals surface area contributed by atoms with Gasteiger partial charge in [-0.15, -0.1) is 0 Å². The second kappa shape index (κ2) is 8.03. The van der Waals surface area contributed by atoms with Crippen LogP contribution < -0.4 is 14.8 Å². The summed E-state index contributed by atoms with van der Waals surface area (Å²) in [5, 5.41) is 2.88. The number of benzene rings is 2. The molecule has 2 aromatic carbocycles. The lowest BCUT2D eigenvalue weighted by atomic mass is 10.1. The molecule has 0 radical (unpaired) electrons. The molecule has 0 atom stereocenters. The molecule has 0 saturated carbocycles. The van der Waals surface area contributed by atoms with Gasteiger partial charge in [-0.3, -0.25) is 4.79 Å². The monoisotopic (exact) mass is 311 g/mol. The molecule has 0 aliphatic heterocycles. The minimum Gasteiger partial charge on any atom is -0.497 e. The van der Waals surface area contributed by atoms with E-state index in [9.17, 15) is 4.79 Å². The third kappa shape index (κ3) is 4.88. The molecule has 0 aliphatic carbocycles. The normalized spacial score (nSPS) is 11.0. The Labute approximate surface area is 136 Å². The summed E-state index contributed by atoms with van der Waals surface area (Å²) in [5.74, 6) is 1.48. The molecule has 0 unspecified atom stereocenters. The van der Waals surface area contributed by atoms with E-state index >= 15 is 0 Å². The molecular formula is C19H21NO3. The molecule has 0 bridgehead atoms. The van der Waals surface area contributed by atoms with Crippen molar-refractivity contribution in [1.82, 2.24) is 5.32 Å². The summed E-state index contributed by atoms with van der Waals surface area (Å²) < 4.78 is 10.2. The molecule has 0 aromatic heterocycles. The van der Waals surface area contributed by atoms with Crippen LogP contribution in [0.2, 0.25) is 0 Å². The van der Waals surface area contributed by atoms with Crippen molar-refractivity contribution in [1.29, 1.82) is 0 Å². The second-order valence-corrected chi connectivity index (χ2v) is 5.12. The van der Waals surface area contributed by atoms with E-state index in [0.717, 1.165) is 28.2 Å². The van der Waals surface area contributed by atoms with Crippen LogP contribution in [0.3, 0.4) is 0 Å². The Morgan fingerprint density at radius 3 is 2.00 bits per heavy atom. The summed E-state index contributed by atoms with van der Waals surface area (Å²) in [5.41, 5.74) is 2.92. The first-order valence-electron chi connectivity index (χ1n) is 7.36. The average molecular weight is 311 g/mol. The van der Waals surface area contributed by atoms with Crippen LogP contribution in [-0.2, 0) is 11.3 Å². The average Bonchev–Trinajstić information content (AvgIpc) is 2.60. The Morgan fingerprint density at radius 1 is 0.957 bits per heavy atom. The molecule has 1 amide bonds. The minimum atomic E-state index is -0.117. The van der Waals surface area contributed by atoms with Gasteiger partial charge in [0.25, 0.3) is 0 Å². The lowest BCUT2D eigenvalue weighted by Crippen LogP contribution is -2.20. The van der Waals surface area contributed by atoms with Gasteiger partial charge < -0.3 is 14.8 Å². The van der Waals surface area contributed by atoms with Crippen LogP contribution in [0.1, 0.15) is 18.1 Å². The fraction of sp³-hybridized carbons (Fsp3) is 0.211. The number of allylic oxidation sites excluding steroid dienone is 1. The van der Waals surface area contributed by atoms with Gasteiger partial charge in [0, 0.05) is 12.6 Å². The summed E-state index contributed by atoms with van der Waals surface area (Å²) >= 11 is 0. The maximum atomic E-state index is 12.0. The number of hydrogen-bond donors (Lipinski definition) is 1. The van der Waals surface area contributed by atoms with Crippen LogP contribution in [-0.4, -0.2) is 20.1 Å². The van der Waals surface area contributed by atoms with Crippen molar-refractivity contribution in [3.8, 4) is 11.5 Å². The molecular weight excluding hydrogens is 290 g/mol. The van der Waals surface area contributed by atoms with Gasteiger partial charge in [0.1, 0.15) is 11.5 Å². The standard InChI is InChI=1S/C19H21NO3/c1-14(16-6-10-18(23-3)11-7-16)12-19(21)20-13-15-4-8-17(22-2)9-5-15/h4-12H,13H2,1-3H3,(H,20,21)/b14-12+. The Balaban J connectivity index is 1.93. The molecule has 0 spiro atoms. The van der Waals surface area contributed by atoms with Crippen molar-refractivity contribution in [2.24, 2.45) is 0 Å². The molecule has 120 valence electrons. The molecule has 2 aromatic rings. The summed E-state index contributed by atoms with van der Waals surface area (Å²) in [6.07, 6.45) is 1.60. The molecule has 4 nitrogen and oxygen atoms in total. The summed E-state index contributed by atoms with van der Waals surface area (Å²) in [7, 11) is 3.26. The van der Waals surface area contributed by atoms with Crippen molar-refractivity contribution in [2.75, 3.05) is 14.2 Å².